The lowest BCUT2D eigenvalue weighted by molar-refractivity contribution is 0.102. The highest BCUT2D eigenvalue weighted by Gasteiger charge is 2.14. The van der Waals surface area contributed by atoms with Crippen molar-refractivity contribution in [1.82, 2.24) is 0 Å². The first-order chi connectivity index (χ1) is 11.1. The summed E-state index contributed by atoms with van der Waals surface area (Å²) in [6.07, 6.45) is 0. The Bertz CT molecular complexity index is 949. The van der Waals surface area contributed by atoms with Crippen LogP contribution >= 0.6 is 0 Å². The SMILES string of the molecule is COc1ccc(NC(=O)c2cc3ccccc3oc2=O)cc1F. The van der Waals surface area contributed by atoms with Crippen molar-refractivity contribution in [3.63, 3.8) is 0 Å². The number of halogens is 1. The average molecular weight is 313 g/mol. The van der Waals surface area contributed by atoms with E-state index in [1.54, 1.807) is 24.3 Å². The van der Waals surface area contributed by atoms with E-state index in [0.29, 0.717) is 11.0 Å². The molecule has 116 valence electrons. The second-order valence-electron chi connectivity index (χ2n) is 4.79. The molecule has 0 saturated heterocycles. The summed E-state index contributed by atoms with van der Waals surface area (Å²) in [6, 6.07) is 12.3. The van der Waals surface area contributed by atoms with E-state index in [2.05, 4.69) is 5.32 Å². The average Bonchev–Trinajstić information content (AvgIpc) is 2.54. The number of carbonyl (C=O) groups is 1. The lowest BCUT2D eigenvalue weighted by Crippen LogP contribution is -2.20. The zero-order valence-corrected chi connectivity index (χ0v) is 12.1. The summed E-state index contributed by atoms with van der Waals surface area (Å²) in [5, 5.41) is 3.08. The predicted octanol–water partition coefficient (Wildman–Crippen LogP) is 3.19. The third-order valence-electron chi connectivity index (χ3n) is 3.30. The zero-order valence-electron chi connectivity index (χ0n) is 12.1. The minimum Gasteiger partial charge on any atom is -0.494 e. The molecular weight excluding hydrogens is 301 g/mol. The first kappa shape index (κ1) is 14.8. The standard InChI is InChI=1S/C17H12FNO4/c1-22-15-7-6-11(9-13(15)18)19-16(20)12-8-10-4-2-3-5-14(10)23-17(12)21/h2-9H,1H3,(H,19,20). The van der Waals surface area contributed by atoms with Crippen molar-refractivity contribution in [2.75, 3.05) is 12.4 Å². The van der Waals surface area contributed by atoms with E-state index < -0.39 is 17.3 Å². The first-order valence-electron chi connectivity index (χ1n) is 6.76. The normalized spacial score (nSPS) is 10.5. The smallest absolute Gasteiger partial charge is 0.349 e. The highest BCUT2D eigenvalue weighted by molar-refractivity contribution is 6.05. The molecule has 1 aromatic heterocycles. The van der Waals surface area contributed by atoms with E-state index in [0.717, 1.165) is 6.07 Å². The zero-order chi connectivity index (χ0) is 16.4. The van der Waals surface area contributed by atoms with Crippen molar-refractivity contribution in [2.24, 2.45) is 0 Å². The van der Waals surface area contributed by atoms with E-state index in [1.807, 2.05) is 0 Å². The molecule has 23 heavy (non-hydrogen) atoms. The lowest BCUT2D eigenvalue weighted by atomic mass is 10.1. The molecule has 1 amide bonds. The van der Waals surface area contributed by atoms with Gasteiger partial charge in [0.05, 0.1) is 7.11 Å². The van der Waals surface area contributed by atoms with Crippen LogP contribution < -0.4 is 15.7 Å². The predicted molar refractivity (Wildman–Crippen MR) is 83.4 cm³/mol. The Balaban J connectivity index is 1.93. The number of para-hydroxylation sites is 1. The largest absolute Gasteiger partial charge is 0.494 e. The van der Waals surface area contributed by atoms with Crippen LogP contribution in [0.2, 0.25) is 0 Å². The summed E-state index contributed by atoms with van der Waals surface area (Å²) in [4.78, 5) is 24.1. The van der Waals surface area contributed by atoms with Crippen LogP contribution in [0.5, 0.6) is 5.75 Å². The number of carbonyl (C=O) groups excluding carboxylic acids is 1. The Hall–Kier alpha value is -3.15. The first-order valence-corrected chi connectivity index (χ1v) is 6.76. The maximum absolute atomic E-state index is 13.6. The summed E-state index contributed by atoms with van der Waals surface area (Å²) in [6.45, 7) is 0. The summed E-state index contributed by atoms with van der Waals surface area (Å²) < 4.78 is 23.5. The molecule has 2 aromatic carbocycles. The lowest BCUT2D eigenvalue weighted by Gasteiger charge is -2.07. The molecule has 0 atom stereocenters. The van der Waals surface area contributed by atoms with Crippen LogP contribution in [0, 0.1) is 5.82 Å². The highest BCUT2D eigenvalue weighted by atomic mass is 19.1. The maximum atomic E-state index is 13.6. The van der Waals surface area contributed by atoms with E-state index >= 15 is 0 Å². The number of hydrogen-bond donors (Lipinski definition) is 1. The quantitative estimate of drug-likeness (QED) is 0.754. The highest BCUT2D eigenvalue weighted by Crippen LogP contribution is 2.21. The molecule has 1 N–H and O–H groups in total. The van der Waals surface area contributed by atoms with Gasteiger partial charge in [-0.3, -0.25) is 4.79 Å². The topological polar surface area (TPSA) is 68.5 Å². The Morgan fingerprint density at radius 1 is 1.17 bits per heavy atom. The van der Waals surface area contributed by atoms with Gasteiger partial charge in [-0.2, -0.15) is 0 Å². The number of ether oxygens (including phenoxy) is 1. The Kier molecular flexibility index (Phi) is 3.80. The Morgan fingerprint density at radius 2 is 1.96 bits per heavy atom. The number of nitrogens with one attached hydrogen (secondary N) is 1. The van der Waals surface area contributed by atoms with Gasteiger partial charge >= 0.3 is 5.63 Å². The summed E-state index contributed by atoms with van der Waals surface area (Å²) in [5.74, 6) is -1.22. The van der Waals surface area contributed by atoms with Crippen LogP contribution in [0.25, 0.3) is 11.0 Å². The van der Waals surface area contributed by atoms with Gasteiger partial charge in [-0.05, 0) is 24.3 Å². The molecule has 0 spiro atoms. The number of rotatable bonds is 3. The molecule has 3 aromatic rings. The molecule has 1 heterocycles. The molecule has 0 aliphatic heterocycles. The van der Waals surface area contributed by atoms with Gasteiger partial charge in [0.15, 0.2) is 11.6 Å². The minimum absolute atomic E-state index is 0.0632. The number of methoxy groups -OCH3 is 1. The van der Waals surface area contributed by atoms with Crippen LogP contribution in [-0.2, 0) is 0 Å². The molecule has 0 saturated carbocycles. The monoisotopic (exact) mass is 313 g/mol. The number of fused-ring (bicyclic) bond motifs is 1. The molecule has 3 rings (SSSR count). The van der Waals surface area contributed by atoms with E-state index in [4.69, 9.17) is 9.15 Å². The third kappa shape index (κ3) is 2.91. The third-order valence-corrected chi connectivity index (χ3v) is 3.30. The van der Waals surface area contributed by atoms with Crippen molar-refractivity contribution in [3.05, 3.63) is 70.3 Å². The van der Waals surface area contributed by atoms with Crippen molar-refractivity contribution in [3.8, 4) is 5.75 Å². The van der Waals surface area contributed by atoms with Crippen LogP contribution in [0.4, 0.5) is 10.1 Å². The van der Waals surface area contributed by atoms with Crippen molar-refractivity contribution >= 4 is 22.6 Å². The van der Waals surface area contributed by atoms with Crippen molar-refractivity contribution in [2.45, 2.75) is 0 Å². The van der Waals surface area contributed by atoms with Crippen molar-refractivity contribution < 1.29 is 18.3 Å². The van der Waals surface area contributed by atoms with E-state index in [1.165, 1.54) is 25.3 Å². The van der Waals surface area contributed by atoms with E-state index in [9.17, 15) is 14.0 Å². The summed E-state index contributed by atoms with van der Waals surface area (Å²) in [5.41, 5.74) is -0.305. The number of benzene rings is 2. The molecule has 0 bridgehead atoms. The second kappa shape index (κ2) is 5.92. The Labute approximate surface area is 130 Å². The van der Waals surface area contributed by atoms with Gasteiger partial charge in [-0.1, -0.05) is 18.2 Å². The molecule has 0 aliphatic rings. The van der Waals surface area contributed by atoms with Crippen LogP contribution in [0.3, 0.4) is 0 Å². The molecule has 6 heteroatoms. The number of hydrogen-bond acceptors (Lipinski definition) is 4. The van der Waals surface area contributed by atoms with Gasteiger partial charge in [0.25, 0.3) is 5.91 Å². The van der Waals surface area contributed by atoms with Gasteiger partial charge in [0.2, 0.25) is 0 Å². The van der Waals surface area contributed by atoms with Gasteiger partial charge < -0.3 is 14.5 Å². The van der Waals surface area contributed by atoms with Crippen molar-refractivity contribution in [1.29, 1.82) is 0 Å². The van der Waals surface area contributed by atoms with Crippen LogP contribution in [0.1, 0.15) is 10.4 Å². The van der Waals surface area contributed by atoms with Gasteiger partial charge in [-0.25, -0.2) is 9.18 Å². The van der Waals surface area contributed by atoms with Gasteiger partial charge in [0.1, 0.15) is 11.1 Å². The fourth-order valence-corrected chi connectivity index (χ4v) is 2.16. The fraction of sp³-hybridized carbons (Fsp3) is 0.0588. The number of amides is 1. The van der Waals surface area contributed by atoms with Gasteiger partial charge in [0, 0.05) is 17.1 Å². The minimum atomic E-state index is -0.754. The molecule has 0 aliphatic carbocycles. The molecular formula is C17H12FNO4. The second-order valence-corrected chi connectivity index (χ2v) is 4.79. The summed E-state index contributed by atoms with van der Waals surface area (Å²) in [7, 11) is 1.34. The number of anilines is 1. The summed E-state index contributed by atoms with van der Waals surface area (Å²) >= 11 is 0. The maximum Gasteiger partial charge on any atom is 0.349 e. The van der Waals surface area contributed by atoms with E-state index in [-0.39, 0.29) is 17.0 Å². The molecule has 0 fully saturated rings. The van der Waals surface area contributed by atoms with Crippen LogP contribution in [0.15, 0.2) is 57.7 Å². The Morgan fingerprint density at radius 3 is 2.70 bits per heavy atom. The molecule has 0 unspecified atom stereocenters. The van der Waals surface area contributed by atoms with Gasteiger partial charge in [-0.15, -0.1) is 0 Å². The molecule has 5 nitrogen and oxygen atoms in total. The van der Waals surface area contributed by atoms with Crippen LogP contribution in [-0.4, -0.2) is 13.0 Å². The fourth-order valence-electron chi connectivity index (χ4n) is 2.16. The molecule has 0 radical (unpaired) electrons.